The van der Waals surface area contributed by atoms with Crippen LogP contribution in [0.3, 0.4) is 0 Å². The molecule has 0 saturated heterocycles. The largest absolute Gasteiger partial charge is 0.483 e. The predicted octanol–water partition coefficient (Wildman–Crippen LogP) is 5.20. The number of aromatic nitrogens is 1. The molecule has 6 nitrogen and oxygen atoms in total. The van der Waals surface area contributed by atoms with E-state index in [0.29, 0.717) is 26.1 Å². The van der Waals surface area contributed by atoms with Gasteiger partial charge >= 0.3 is 0 Å². The fourth-order valence-electron chi connectivity index (χ4n) is 2.28. The minimum atomic E-state index is -0.316. The molecule has 2 amide bonds. The molecule has 0 bridgehead atoms. The van der Waals surface area contributed by atoms with E-state index in [2.05, 4.69) is 31.5 Å². The number of anilines is 2. The number of nitrogens with one attached hydrogen (secondary N) is 2. The van der Waals surface area contributed by atoms with Crippen molar-refractivity contribution in [2.45, 2.75) is 6.92 Å². The second kappa shape index (κ2) is 9.18. The van der Waals surface area contributed by atoms with Crippen LogP contribution in [0.4, 0.5) is 10.8 Å². The van der Waals surface area contributed by atoms with Gasteiger partial charge in [0.1, 0.15) is 5.75 Å². The van der Waals surface area contributed by atoms with E-state index in [1.54, 1.807) is 30.3 Å². The summed E-state index contributed by atoms with van der Waals surface area (Å²) in [5.41, 5.74) is 2.33. The summed E-state index contributed by atoms with van der Waals surface area (Å²) in [6.07, 6.45) is 0. The zero-order valence-electron chi connectivity index (χ0n) is 14.7. The highest BCUT2D eigenvalue weighted by Gasteiger charge is 2.10. The first-order valence-electron chi connectivity index (χ1n) is 8.12. The van der Waals surface area contributed by atoms with Gasteiger partial charge in [-0.25, -0.2) is 4.98 Å². The van der Waals surface area contributed by atoms with Gasteiger partial charge in [0.15, 0.2) is 11.7 Å². The molecule has 28 heavy (non-hydrogen) atoms. The molecule has 0 aliphatic heterocycles. The minimum absolute atomic E-state index is 0.126. The average Bonchev–Trinajstić information content (AvgIpc) is 3.09. The van der Waals surface area contributed by atoms with Crippen LogP contribution in [0.2, 0.25) is 5.02 Å². The Bertz CT molecular complexity index is 1010. The highest BCUT2D eigenvalue weighted by atomic mass is 79.9. The van der Waals surface area contributed by atoms with Crippen LogP contribution in [0.15, 0.2) is 52.3 Å². The zero-order chi connectivity index (χ0) is 20.1. The molecule has 1 heterocycles. The van der Waals surface area contributed by atoms with E-state index in [-0.39, 0.29) is 18.4 Å². The van der Waals surface area contributed by atoms with Crippen molar-refractivity contribution in [1.82, 2.24) is 4.98 Å². The van der Waals surface area contributed by atoms with Crippen LogP contribution >= 0.6 is 38.9 Å². The molecule has 0 atom stereocenters. The summed E-state index contributed by atoms with van der Waals surface area (Å²) >= 11 is 10.5. The number of rotatable bonds is 6. The Hall–Kier alpha value is -2.42. The molecule has 2 N–H and O–H groups in total. The maximum absolute atomic E-state index is 12.1. The van der Waals surface area contributed by atoms with Crippen molar-refractivity contribution in [3.05, 3.63) is 57.3 Å². The Labute approximate surface area is 179 Å². The number of ether oxygens (including phenoxy) is 1. The van der Waals surface area contributed by atoms with Crippen molar-refractivity contribution in [3.8, 4) is 17.0 Å². The molecule has 0 saturated carbocycles. The second-order valence-corrected chi connectivity index (χ2v) is 7.86. The molecule has 0 fully saturated rings. The van der Waals surface area contributed by atoms with Crippen LogP contribution in [0.1, 0.15) is 6.92 Å². The quantitative estimate of drug-likeness (QED) is 0.508. The number of carbonyl (C=O) groups is 2. The van der Waals surface area contributed by atoms with Crippen molar-refractivity contribution in [2.75, 3.05) is 17.2 Å². The lowest BCUT2D eigenvalue weighted by molar-refractivity contribution is -0.118. The van der Waals surface area contributed by atoms with Gasteiger partial charge in [0, 0.05) is 28.6 Å². The predicted molar refractivity (Wildman–Crippen MR) is 115 cm³/mol. The van der Waals surface area contributed by atoms with Gasteiger partial charge in [0.2, 0.25) is 5.91 Å². The standard InChI is InChI=1S/C19H15BrClN3O3S/c1-11(25)22-14-5-2-12(3-6-14)16-10-28-19(23-16)24-18(26)9-27-17-7-4-13(21)8-15(17)20/h2-8,10H,9H2,1H3,(H,22,25)(H,23,24,26). The van der Waals surface area contributed by atoms with Crippen molar-refractivity contribution >= 4 is 61.5 Å². The van der Waals surface area contributed by atoms with Crippen LogP contribution in [-0.4, -0.2) is 23.4 Å². The Morgan fingerprint density at radius 3 is 2.61 bits per heavy atom. The van der Waals surface area contributed by atoms with Crippen LogP contribution < -0.4 is 15.4 Å². The first-order chi connectivity index (χ1) is 13.4. The van der Waals surface area contributed by atoms with E-state index >= 15 is 0 Å². The first kappa shape index (κ1) is 20.3. The minimum Gasteiger partial charge on any atom is -0.483 e. The van der Waals surface area contributed by atoms with E-state index in [0.717, 1.165) is 11.3 Å². The molecular formula is C19H15BrClN3O3S. The van der Waals surface area contributed by atoms with Gasteiger partial charge in [-0.05, 0) is 46.3 Å². The maximum Gasteiger partial charge on any atom is 0.264 e. The van der Waals surface area contributed by atoms with Crippen LogP contribution in [0.5, 0.6) is 5.75 Å². The van der Waals surface area contributed by atoms with Gasteiger partial charge < -0.3 is 10.1 Å². The number of carbonyl (C=O) groups excluding carboxylic acids is 2. The van der Waals surface area contributed by atoms with Crippen LogP contribution in [0.25, 0.3) is 11.3 Å². The van der Waals surface area contributed by atoms with E-state index < -0.39 is 0 Å². The SMILES string of the molecule is CC(=O)Nc1ccc(-c2csc(NC(=O)COc3ccc(Cl)cc3Br)n2)cc1. The second-order valence-electron chi connectivity index (χ2n) is 5.71. The lowest BCUT2D eigenvalue weighted by Gasteiger charge is -2.08. The van der Waals surface area contributed by atoms with Crippen molar-refractivity contribution in [1.29, 1.82) is 0 Å². The molecule has 3 aromatic rings. The lowest BCUT2D eigenvalue weighted by atomic mass is 10.1. The molecule has 0 spiro atoms. The molecule has 9 heteroatoms. The molecule has 144 valence electrons. The number of halogens is 2. The van der Waals surface area contributed by atoms with Gasteiger partial charge in [0.05, 0.1) is 10.2 Å². The monoisotopic (exact) mass is 479 g/mol. The first-order valence-corrected chi connectivity index (χ1v) is 10.2. The summed E-state index contributed by atoms with van der Waals surface area (Å²) < 4.78 is 6.16. The van der Waals surface area contributed by atoms with Gasteiger partial charge in [-0.15, -0.1) is 11.3 Å². The fourth-order valence-corrected chi connectivity index (χ4v) is 3.82. The van der Waals surface area contributed by atoms with Gasteiger partial charge in [0.25, 0.3) is 5.91 Å². The summed E-state index contributed by atoms with van der Waals surface area (Å²) in [5, 5.41) is 8.32. The number of nitrogens with zero attached hydrogens (tertiary/aromatic N) is 1. The van der Waals surface area contributed by atoms with Gasteiger partial charge in [-0.3, -0.25) is 14.9 Å². The summed E-state index contributed by atoms with van der Waals surface area (Å²) in [6, 6.07) is 12.4. The third kappa shape index (κ3) is 5.54. The summed E-state index contributed by atoms with van der Waals surface area (Å²) in [7, 11) is 0. The van der Waals surface area contributed by atoms with Crippen LogP contribution in [0, 0.1) is 0 Å². The highest BCUT2D eigenvalue weighted by Crippen LogP contribution is 2.28. The molecule has 0 unspecified atom stereocenters. The fraction of sp³-hybridized carbons (Fsp3) is 0.105. The van der Waals surface area contributed by atoms with Gasteiger partial charge in [-0.2, -0.15) is 0 Å². The summed E-state index contributed by atoms with van der Waals surface area (Å²) in [5.74, 6) is 0.0849. The van der Waals surface area contributed by atoms with Gasteiger partial charge in [-0.1, -0.05) is 23.7 Å². The normalized spacial score (nSPS) is 10.4. The van der Waals surface area contributed by atoms with Crippen molar-refractivity contribution in [3.63, 3.8) is 0 Å². The molecule has 3 rings (SSSR count). The molecule has 2 aromatic carbocycles. The number of hydrogen-bond donors (Lipinski definition) is 2. The smallest absolute Gasteiger partial charge is 0.264 e. The number of amides is 2. The van der Waals surface area contributed by atoms with E-state index in [1.165, 1.54) is 18.3 Å². The molecular weight excluding hydrogens is 466 g/mol. The summed E-state index contributed by atoms with van der Waals surface area (Å²) in [4.78, 5) is 27.6. The zero-order valence-corrected chi connectivity index (χ0v) is 17.8. The number of benzene rings is 2. The average molecular weight is 481 g/mol. The molecule has 1 aromatic heterocycles. The topological polar surface area (TPSA) is 80.3 Å². The van der Waals surface area contributed by atoms with E-state index in [4.69, 9.17) is 16.3 Å². The highest BCUT2D eigenvalue weighted by molar-refractivity contribution is 9.10. The molecule has 0 radical (unpaired) electrons. The van der Waals surface area contributed by atoms with Crippen molar-refractivity contribution < 1.29 is 14.3 Å². The number of hydrogen-bond acceptors (Lipinski definition) is 5. The lowest BCUT2D eigenvalue weighted by Crippen LogP contribution is -2.20. The van der Waals surface area contributed by atoms with E-state index in [9.17, 15) is 9.59 Å². The third-order valence-corrected chi connectivity index (χ3v) is 5.12. The Morgan fingerprint density at radius 2 is 1.93 bits per heavy atom. The summed E-state index contributed by atoms with van der Waals surface area (Å²) in [6.45, 7) is 1.30. The number of thiazole rings is 1. The molecule has 0 aliphatic carbocycles. The molecule has 0 aliphatic rings. The van der Waals surface area contributed by atoms with E-state index in [1.807, 2.05) is 17.5 Å². The van der Waals surface area contributed by atoms with Crippen LogP contribution in [-0.2, 0) is 9.59 Å². The maximum atomic E-state index is 12.1. The third-order valence-electron chi connectivity index (χ3n) is 3.50. The van der Waals surface area contributed by atoms with Crippen molar-refractivity contribution in [2.24, 2.45) is 0 Å². The Balaban J connectivity index is 1.57. The Kier molecular flexibility index (Phi) is 6.66. The Morgan fingerprint density at radius 1 is 1.18 bits per heavy atom.